The van der Waals surface area contributed by atoms with E-state index in [1.54, 1.807) is 12.1 Å². The average Bonchev–Trinajstić information content (AvgIpc) is 2.73. The highest BCUT2D eigenvalue weighted by Gasteiger charge is 2.23. The zero-order valence-electron chi connectivity index (χ0n) is 15.1. The molecule has 0 fully saturated rings. The van der Waals surface area contributed by atoms with Gasteiger partial charge in [0, 0.05) is 11.1 Å². The summed E-state index contributed by atoms with van der Waals surface area (Å²) in [7, 11) is 2.66. The van der Waals surface area contributed by atoms with Gasteiger partial charge in [-0.15, -0.1) is 0 Å². The third kappa shape index (κ3) is 3.40. The van der Waals surface area contributed by atoms with Gasteiger partial charge in [-0.2, -0.15) is 0 Å². The van der Waals surface area contributed by atoms with Gasteiger partial charge in [-0.05, 0) is 23.3 Å². The molecular weight excluding hydrogens is 342 g/mol. The van der Waals surface area contributed by atoms with E-state index in [0.717, 1.165) is 11.1 Å². The first-order valence-corrected chi connectivity index (χ1v) is 8.32. The zero-order chi connectivity index (χ0) is 19.4. The number of ether oxygens (including phenoxy) is 2. The van der Waals surface area contributed by atoms with Crippen molar-refractivity contribution in [2.75, 3.05) is 20.0 Å². The average molecular weight is 361 g/mol. The van der Waals surface area contributed by atoms with E-state index in [-0.39, 0.29) is 28.3 Å². The number of carbonyl (C=O) groups is 2. The van der Waals surface area contributed by atoms with Crippen molar-refractivity contribution in [3.8, 4) is 16.9 Å². The second-order valence-electron chi connectivity index (χ2n) is 5.84. The highest BCUT2D eigenvalue weighted by molar-refractivity contribution is 6.16. The fraction of sp³-hybridized carbons (Fsp3) is 0.0909. The predicted molar refractivity (Wildman–Crippen MR) is 104 cm³/mol. The van der Waals surface area contributed by atoms with Crippen molar-refractivity contribution in [3.63, 3.8) is 0 Å². The summed E-state index contributed by atoms with van der Waals surface area (Å²) in [6.45, 7) is 0. The Morgan fingerprint density at radius 2 is 1.41 bits per heavy atom. The second-order valence-corrected chi connectivity index (χ2v) is 5.84. The monoisotopic (exact) mass is 361 g/mol. The van der Waals surface area contributed by atoms with Gasteiger partial charge in [-0.1, -0.05) is 54.6 Å². The number of methoxy groups -OCH3 is 2. The van der Waals surface area contributed by atoms with Crippen LogP contribution in [0.5, 0.6) is 5.75 Å². The Morgan fingerprint density at radius 1 is 0.778 bits per heavy atom. The van der Waals surface area contributed by atoms with Crippen LogP contribution in [0, 0.1) is 0 Å². The van der Waals surface area contributed by atoms with E-state index in [0.29, 0.717) is 5.56 Å². The molecule has 0 aromatic heterocycles. The molecule has 3 rings (SSSR count). The minimum atomic E-state index is -0.581. The standard InChI is InChI=1S/C22H19NO4/c1-26-21-18(22(25)27-2)13-12-17(19(21)23)20(24)16-11-7-6-10-15(16)14-8-4-3-5-9-14/h3-13H,23H2,1-2H3. The minimum Gasteiger partial charge on any atom is -0.494 e. The van der Waals surface area contributed by atoms with E-state index >= 15 is 0 Å². The van der Waals surface area contributed by atoms with Gasteiger partial charge < -0.3 is 15.2 Å². The van der Waals surface area contributed by atoms with Crippen LogP contribution < -0.4 is 10.5 Å². The summed E-state index contributed by atoms with van der Waals surface area (Å²) in [5.41, 5.74) is 8.95. The molecule has 3 aromatic carbocycles. The molecule has 0 aliphatic carbocycles. The summed E-state index contributed by atoms with van der Waals surface area (Å²) in [6.07, 6.45) is 0. The minimum absolute atomic E-state index is 0.105. The first kappa shape index (κ1) is 18.2. The highest BCUT2D eigenvalue weighted by atomic mass is 16.5. The lowest BCUT2D eigenvalue weighted by atomic mass is 9.92. The summed E-state index contributed by atoms with van der Waals surface area (Å²) >= 11 is 0. The van der Waals surface area contributed by atoms with Crippen LogP contribution in [0.15, 0.2) is 66.7 Å². The quantitative estimate of drug-likeness (QED) is 0.423. The normalized spacial score (nSPS) is 10.3. The molecule has 5 heteroatoms. The predicted octanol–water partition coefficient (Wildman–Crippen LogP) is 3.96. The molecule has 0 saturated carbocycles. The van der Waals surface area contributed by atoms with Crippen molar-refractivity contribution in [1.29, 1.82) is 0 Å². The highest BCUT2D eigenvalue weighted by Crippen LogP contribution is 2.33. The van der Waals surface area contributed by atoms with Crippen molar-refractivity contribution in [3.05, 3.63) is 83.4 Å². The third-order valence-corrected chi connectivity index (χ3v) is 4.31. The fourth-order valence-corrected chi connectivity index (χ4v) is 2.98. The SMILES string of the molecule is COC(=O)c1ccc(C(=O)c2ccccc2-c2ccccc2)c(N)c1OC. The van der Waals surface area contributed by atoms with Gasteiger partial charge in [0.05, 0.1) is 19.9 Å². The van der Waals surface area contributed by atoms with Crippen molar-refractivity contribution in [2.45, 2.75) is 0 Å². The number of hydrogen-bond acceptors (Lipinski definition) is 5. The Hall–Kier alpha value is -3.60. The van der Waals surface area contributed by atoms with Crippen molar-refractivity contribution < 1.29 is 19.1 Å². The van der Waals surface area contributed by atoms with E-state index in [9.17, 15) is 9.59 Å². The van der Waals surface area contributed by atoms with Gasteiger partial charge in [-0.25, -0.2) is 4.79 Å². The number of hydrogen-bond donors (Lipinski definition) is 1. The molecule has 0 aliphatic heterocycles. The molecule has 0 bridgehead atoms. The lowest BCUT2D eigenvalue weighted by Crippen LogP contribution is -2.12. The smallest absolute Gasteiger partial charge is 0.341 e. The molecule has 3 aromatic rings. The number of carbonyl (C=O) groups excluding carboxylic acids is 2. The van der Waals surface area contributed by atoms with Crippen LogP contribution in [0.2, 0.25) is 0 Å². The van der Waals surface area contributed by atoms with Gasteiger partial charge >= 0.3 is 5.97 Å². The van der Waals surface area contributed by atoms with Crippen LogP contribution in [0.1, 0.15) is 26.3 Å². The zero-order valence-corrected chi connectivity index (χ0v) is 15.1. The number of esters is 1. The number of anilines is 1. The summed E-state index contributed by atoms with van der Waals surface area (Å²) in [5.74, 6) is -0.700. The molecule has 0 unspecified atom stereocenters. The summed E-state index contributed by atoms with van der Waals surface area (Å²) in [6, 6.07) is 20.0. The fourth-order valence-electron chi connectivity index (χ4n) is 2.98. The molecule has 2 N–H and O–H groups in total. The molecule has 5 nitrogen and oxygen atoms in total. The first-order chi connectivity index (χ1) is 13.1. The molecule has 0 saturated heterocycles. The van der Waals surface area contributed by atoms with Crippen molar-refractivity contribution in [2.24, 2.45) is 0 Å². The molecule has 0 spiro atoms. The van der Waals surface area contributed by atoms with Crippen LogP contribution in [0.4, 0.5) is 5.69 Å². The van der Waals surface area contributed by atoms with Gasteiger partial charge in [-0.3, -0.25) is 4.79 Å². The lowest BCUT2D eigenvalue weighted by Gasteiger charge is -2.14. The number of nitrogens with two attached hydrogens (primary N) is 1. The Kier molecular flexibility index (Phi) is 5.22. The maximum absolute atomic E-state index is 13.2. The van der Waals surface area contributed by atoms with Crippen LogP contribution in [0.3, 0.4) is 0 Å². The first-order valence-electron chi connectivity index (χ1n) is 8.32. The maximum atomic E-state index is 13.2. The van der Waals surface area contributed by atoms with Crippen LogP contribution in [0.25, 0.3) is 11.1 Å². The number of ketones is 1. The Labute approximate surface area is 157 Å². The van der Waals surface area contributed by atoms with Gasteiger partial charge in [0.1, 0.15) is 5.56 Å². The van der Waals surface area contributed by atoms with Crippen molar-refractivity contribution in [1.82, 2.24) is 0 Å². The molecule has 0 heterocycles. The molecule has 27 heavy (non-hydrogen) atoms. The van der Waals surface area contributed by atoms with Gasteiger partial charge in [0.2, 0.25) is 0 Å². The van der Waals surface area contributed by atoms with Crippen molar-refractivity contribution >= 4 is 17.4 Å². The molecule has 0 amide bonds. The third-order valence-electron chi connectivity index (χ3n) is 4.31. The van der Waals surface area contributed by atoms with E-state index in [2.05, 4.69) is 0 Å². The number of benzene rings is 3. The Balaban J connectivity index is 2.12. The van der Waals surface area contributed by atoms with Crippen LogP contribution in [-0.2, 0) is 4.74 Å². The topological polar surface area (TPSA) is 78.6 Å². The van der Waals surface area contributed by atoms with E-state index in [4.69, 9.17) is 15.2 Å². The molecule has 0 radical (unpaired) electrons. The Morgan fingerprint density at radius 3 is 2.07 bits per heavy atom. The van der Waals surface area contributed by atoms with Crippen LogP contribution >= 0.6 is 0 Å². The Bertz CT molecular complexity index is 996. The number of rotatable bonds is 5. The summed E-state index contributed by atoms with van der Waals surface area (Å²) < 4.78 is 10.00. The lowest BCUT2D eigenvalue weighted by molar-refractivity contribution is 0.0597. The molecule has 0 aliphatic rings. The largest absolute Gasteiger partial charge is 0.494 e. The maximum Gasteiger partial charge on any atom is 0.341 e. The summed E-state index contributed by atoms with van der Waals surface area (Å²) in [4.78, 5) is 25.1. The number of nitrogen functional groups attached to an aromatic ring is 1. The van der Waals surface area contributed by atoms with Gasteiger partial charge in [0.15, 0.2) is 11.5 Å². The van der Waals surface area contributed by atoms with E-state index < -0.39 is 5.97 Å². The van der Waals surface area contributed by atoms with Crippen LogP contribution in [-0.4, -0.2) is 26.0 Å². The molecular formula is C22H19NO4. The van der Waals surface area contributed by atoms with E-state index in [1.165, 1.54) is 26.4 Å². The van der Waals surface area contributed by atoms with Gasteiger partial charge in [0.25, 0.3) is 0 Å². The summed E-state index contributed by atoms with van der Waals surface area (Å²) in [5, 5.41) is 0. The second kappa shape index (κ2) is 7.74. The molecule has 0 atom stereocenters. The van der Waals surface area contributed by atoms with E-state index in [1.807, 2.05) is 42.5 Å². The molecule has 136 valence electrons.